The first-order valence-electron chi connectivity index (χ1n) is 7.68. The molecule has 2 nitrogen and oxygen atoms in total. The van der Waals surface area contributed by atoms with Crippen molar-refractivity contribution >= 4 is 0 Å². The molecule has 0 aliphatic heterocycles. The van der Waals surface area contributed by atoms with Crippen molar-refractivity contribution in [3.63, 3.8) is 0 Å². The molecule has 21 heavy (non-hydrogen) atoms. The van der Waals surface area contributed by atoms with Crippen LogP contribution in [0.4, 0.5) is 0 Å². The summed E-state index contributed by atoms with van der Waals surface area (Å²) in [6.07, 6.45) is 1.14. The molecule has 0 saturated carbocycles. The second-order valence-corrected chi connectivity index (χ2v) is 5.62. The maximum atomic E-state index is 5.89. The van der Waals surface area contributed by atoms with Crippen LogP contribution in [0.25, 0.3) is 0 Å². The van der Waals surface area contributed by atoms with Crippen LogP contribution in [0.2, 0.25) is 0 Å². The van der Waals surface area contributed by atoms with Crippen LogP contribution < -0.4 is 10.1 Å². The average Bonchev–Trinajstić information content (AvgIpc) is 2.51. The van der Waals surface area contributed by atoms with Crippen molar-refractivity contribution in [2.45, 2.75) is 46.4 Å². The highest BCUT2D eigenvalue weighted by Crippen LogP contribution is 2.16. The standard InChI is InChI=1S/C19H25NO/c1-4-16(3)20-13-17-8-6-10-19(12-17)21-14-18-9-5-7-15(2)11-18/h5-12,16,20H,4,13-14H2,1-3H3/t16-/m0/s1. The topological polar surface area (TPSA) is 21.3 Å². The number of ether oxygens (including phenoxy) is 1. The lowest BCUT2D eigenvalue weighted by molar-refractivity contribution is 0.305. The molecular weight excluding hydrogens is 258 g/mol. The first-order chi connectivity index (χ1) is 10.2. The summed E-state index contributed by atoms with van der Waals surface area (Å²) in [5.74, 6) is 0.931. The molecular formula is C19H25NO. The third-order valence-electron chi connectivity index (χ3n) is 3.65. The molecule has 0 bridgehead atoms. The lowest BCUT2D eigenvalue weighted by Gasteiger charge is -2.12. The summed E-state index contributed by atoms with van der Waals surface area (Å²) >= 11 is 0. The number of benzene rings is 2. The van der Waals surface area contributed by atoms with E-state index in [9.17, 15) is 0 Å². The van der Waals surface area contributed by atoms with Crippen LogP contribution in [0.5, 0.6) is 5.75 Å². The molecule has 112 valence electrons. The van der Waals surface area contributed by atoms with Gasteiger partial charge in [0, 0.05) is 12.6 Å². The van der Waals surface area contributed by atoms with Crippen LogP contribution >= 0.6 is 0 Å². The molecule has 2 aromatic rings. The van der Waals surface area contributed by atoms with Crippen molar-refractivity contribution in [3.8, 4) is 5.75 Å². The van der Waals surface area contributed by atoms with Crippen LogP contribution in [0.15, 0.2) is 48.5 Å². The third kappa shape index (κ3) is 5.24. The highest BCUT2D eigenvalue weighted by atomic mass is 16.5. The van der Waals surface area contributed by atoms with Gasteiger partial charge in [0.25, 0.3) is 0 Å². The summed E-state index contributed by atoms with van der Waals surface area (Å²) in [7, 11) is 0. The smallest absolute Gasteiger partial charge is 0.120 e. The molecule has 2 heteroatoms. The Kier molecular flexibility index (Phi) is 5.82. The molecule has 0 saturated heterocycles. The Morgan fingerprint density at radius 3 is 2.57 bits per heavy atom. The molecule has 1 atom stereocenters. The van der Waals surface area contributed by atoms with Crippen molar-refractivity contribution in [3.05, 3.63) is 65.2 Å². The van der Waals surface area contributed by atoms with Gasteiger partial charge in [-0.05, 0) is 43.5 Å². The maximum Gasteiger partial charge on any atom is 0.120 e. The molecule has 0 unspecified atom stereocenters. The van der Waals surface area contributed by atoms with Crippen LogP contribution in [0.1, 0.15) is 37.0 Å². The largest absolute Gasteiger partial charge is 0.489 e. The highest BCUT2D eigenvalue weighted by Gasteiger charge is 2.01. The van der Waals surface area contributed by atoms with Gasteiger partial charge in [-0.25, -0.2) is 0 Å². The van der Waals surface area contributed by atoms with Crippen LogP contribution in [-0.4, -0.2) is 6.04 Å². The van der Waals surface area contributed by atoms with E-state index in [1.165, 1.54) is 16.7 Å². The molecule has 0 aromatic heterocycles. The van der Waals surface area contributed by atoms with Crippen molar-refractivity contribution in [2.24, 2.45) is 0 Å². The Morgan fingerprint density at radius 1 is 1.05 bits per heavy atom. The zero-order valence-electron chi connectivity index (χ0n) is 13.2. The minimum atomic E-state index is 0.543. The Morgan fingerprint density at radius 2 is 1.81 bits per heavy atom. The van der Waals surface area contributed by atoms with Gasteiger partial charge in [0.15, 0.2) is 0 Å². The second kappa shape index (κ2) is 7.84. The van der Waals surface area contributed by atoms with Gasteiger partial charge in [-0.1, -0.05) is 48.9 Å². The fourth-order valence-corrected chi connectivity index (χ4v) is 2.15. The van der Waals surface area contributed by atoms with E-state index < -0.39 is 0 Å². The molecule has 0 spiro atoms. The van der Waals surface area contributed by atoms with Crippen LogP contribution in [0, 0.1) is 6.92 Å². The first-order valence-corrected chi connectivity index (χ1v) is 7.68. The van der Waals surface area contributed by atoms with Crippen molar-refractivity contribution < 1.29 is 4.74 Å². The SMILES string of the molecule is CC[C@H](C)NCc1cccc(OCc2cccc(C)c2)c1. The van der Waals surface area contributed by atoms with Crippen LogP contribution in [-0.2, 0) is 13.2 Å². The van der Waals surface area contributed by atoms with E-state index in [0.717, 1.165) is 18.7 Å². The summed E-state index contributed by atoms with van der Waals surface area (Å²) in [4.78, 5) is 0. The fourth-order valence-electron chi connectivity index (χ4n) is 2.15. The predicted molar refractivity (Wildman–Crippen MR) is 88.5 cm³/mol. The van der Waals surface area contributed by atoms with Crippen molar-refractivity contribution in [1.82, 2.24) is 5.32 Å². The molecule has 0 aliphatic carbocycles. The zero-order valence-corrected chi connectivity index (χ0v) is 13.2. The molecule has 0 amide bonds. The fraction of sp³-hybridized carbons (Fsp3) is 0.368. The second-order valence-electron chi connectivity index (χ2n) is 5.62. The van der Waals surface area contributed by atoms with Gasteiger partial charge in [-0.2, -0.15) is 0 Å². The molecule has 0 heterocycles. The number of nitrogens with one attached hydrogen (secondary N) is 1. The van der Waals surface area contributed by atoms with Crippen LogP contribution in [0.3, 0.4) is 0 Å². The number of hydrogen-bond donors (Lipinski definition) is 1. The lowest BCUT2D eigenvalue weighted by atomic mass is 10.1. The Labute approximate surface area is 128 Å². The van der Waals surface area contributed by atoms with E-state index in [1.807, 2.05) is 6.07 Å². The highest BCUT2D eigenvalue weighted by molar-refractivity contribution is 5.29. The van der Waals surface area contributed by atoms with Gasteiger partial charge >= 0.3 is 0 Å². The van der Waals surface area contributed by atoms with E-state index in [2.05, 4.69) is 68.6 Å². The summed E-state index contributed by atoms with van der Waals surface area (Å²) in [5.41, 5.74) is 3.73. The van der Waals surface area contributed by atoms with Gasteiger partial charge in [-0.15, -0.1) is 0 Å². The Hall–Kier alpha value is -1.80. The van der Waals surface area contributed by atoms with Crippen molar-refractivity contribution in [1.29, 1.82) is 0 Å². The summed E-state index contributed by atoms with van der Waals surface area (Å²) < 4.78 is 5.89. The van der Waals surface area contributed by atoms with Gasteiger partial charge in [0.1, 0.15) is 12.4 Å². The van der Waals surface area contributed by atoms with Gasteiger partial charge in [0.2, 0.25) is 0 Å². The zero-order chi connectivity index (χ0) is 15.1. The monoisotopic (exact) mass is 283 g/mol. The first kappa shape index (κ1) is 15.6. The quantitative estimate of drug-likeness (QED) is 0.810. The van der Waals surface area contributed by atoms with E-state index in [4.69, 9.17) is 4.74 Å². The van der Waals surface area contributed by atoms with Crippen molar-refractivity contribution in [2.75, 3.05) is 0 Å². The minimum Gasteiger partial charge on any atom is -0.489 e. The van der Waals surface area contributed by atoms with Gasteiger partial charge < -0.3 is 10.1 Å². The molecule has 0 radical (unpaired) electrons. The minimum absolute atomic E-state index is 0.543. The van der Waals surface area contributed by atoms with E-state index in [1.54, 1.807) is 0 Å². The summed E-state index contributed by atoms with van der Waals surface area (Å²) in [5, 5.41) is 3.50. The molecule has 0 fully saturated rings. The lowest BCUT2D eigenvalue weighted by Crippen LogP contribution is -2.24. The predicted octanol–water partition coefficient (Wildman–Crippen LogP) is 4.46. The third-order valence-corrected chi connectivity index (χ3v) is 3.65. The van der Waals surface area contributed by atoms with Gasteiger partial charge in [-0.3, -0.25) is 0 Å². The maximum absolute atomic E-state index is 5.89. The summed E-state index contributed by atoms with van der Waals surface area (Å²) in [6, 6.07) is 17.3. The molecule has 2 aromatic carbocycles. The average molecular weight is 283 g/mol. The van der Waals surface area contributed by atoms with E-state index in [-0.39, 0.29) is 0 Å². The molecule has 0 aliphatic rings. The number of rotatable bonds is 7. The normalized spacial score (nSPS) is 12.1. The van der Waals surface area contributed by atoms with E-state index in [0.29, 0.717) is 12.6 Å². The number of aryl methyl sites for hydroxylation is 1. The molecule has 2 rings (SSSR count). The summed E-state index contributed by atoms with van der Waals surface area (Å²) in [6.45, 7) is 8.00. The Balaban J connectivity index is 1.91. The Bertz CT molecular complexity index is 565. The van der Waals surface area contributed by atoms with Gasteiger partial charge in [0.05, 0.1) is 0 Å². The number of hydrogen-bond acceptors (Lipinski definition) is 2. The molecule has 1 N–H and O–H groups in total. The van der Waals surface area contributed by atoms with E-state index >= 15 is 0 Å².